The predicted octanol–water partition coefficient (Wildman–Crippen LogP) is 3.56. The molecule has 0 aliphatic carbocycles. The highest BCUT2D eigenvalue weighted by Gasteiger charge is 2.10. The summed E-state index contributed by atoms with van der Waals surface area (Å²) in [7, 11) is 0. The highest BCUT2D eigenvalue weighted by molar-refractivity contribution is 7.13. The number of pyridine rings is 1. The van der Waals surface area contributed by atoms with Crippen LogP contribution >= 0.6 is 11.3 Å². The number of ketones is 1. The molecule has 4 heteroatoms. The van der Waals surface area contributed by atoms with E-state index in [0.29, 0.717) is 5.69 Å². The van der Waals surface area contributed by atoms with Gasteiger partial charge >= 0.3 is 0 Å². The molecule has 3 rings (SSSR count). The lowest BCUT2D eigenvalue weighted by Crippen LogP contribution is -1.91. The summed E-state index contributed by atoms with van der Waals surface area (Å²) in [4.78, 5) is 20.0. The van der Waals surface area contributed by atoms with Gasteiger partial charge in [0.1, 0.15) is 10.7 Å². The predicted molar refractivity (Wildman–Crippen MR) is 72.9 cm³/mol. The third-order valence-corrected chi connectivity index (χ3v) is 3.62. The van der Waals surface area contributed by atoms with E-state index in [0.717, 1.165) is 21.5 Å². The fourth-order valence-electron chi connectivity index (χ4n) is 1.84. The van der Waals surface area contributed by atoms with Gasteiger partial charge in [-0.15, -0.1) is 11.3 Å². The van der Waals surface area contributed by atoms with Crippen LogP contribution in [0.1, 0.15) is 17.4 Å². The first kappa shape index (κ1) is 11.0. The van der Waals surface area contributed by atoms with Crippen LogP contribution in [0.25, 0.3) is 21.5 Å². The monoisotopic (exact) mass is 254 g/mol. The van der Waals surface area contributed by atoms with E-state index in [9.17, 15) is 4.79 Å². The number of hydrogen-bond acceptors (Lipinski definition) is 4. The molecule has 0 saturated carbocycles. The lowest BCUT2D eigenvalue weighted by molar-refractivity contribution is 0.101. The third-order valence-electron chi connectivity index (χ3n) is 2.74. The number of aromatic nitrogens is 2. The van der Waals surface area contributed by atoms with Crippen molar-refractivity contribution in [1.82, 2.24) is 9.97 Å². The minimum absolute atomic E-state index is 0.00383. The zero-order valence-electron chi connectivity index (χ0n) is 9.75. The van der Waals surface area contributed by atoms with Crippen molar-refractivity contribution in [2.24, 2.45) is 0 Å². The molecule has 88 valence electrons. The summed E-state index contributed by atoms with van der Waals surface area (Å²) >= 11 is 1.49. The minimum Gasteiger partial charge on any atom is -0.293 e. The zero-order valence-corrected chi connectivity index (χ0v) is 10.6. The molecule has 0 saturated heterocycles. The molecule has 0 fully saturated rings. The number of carbonyl (C=O) groups excluding carboxylic acids is 1. The van der Waals surface area contributed by atoms with Crippen LogP contribution in [-0.4, -0.2) is 15.8 Å². The second-order valence-corrected chi connectivity index (χ2v) is 4.83. The molecular weight excluding hydrogens is 244 g/mol. The number of nitrogens with zero attached hydrogens (tertiary/aromatic N) is 2. The number of carbonyl (C=O) groups is 1. The van der Waals surface area contributed by atoms with Crippen molar-refractivity contribution in [2.45, 2.75) is 6.92 Å². The van der Waals surface area contributed by atoms with E-state index < -0.39 is 0 Å². The fourth-order valence-corrected chi connectivity index (χ4v) is 2.74. The summed E-state index contributed by atoms with van der Waals surface area (Å²) in [5.74, 6) is -0.00383. The van der Waals surface area contributed by atoms with E-state index in [4.69, 9.17) is 0 Å². The van der Waals surface area contributed by atoms with Crippen molar-refractivity contribution in [3.8, 4) is 10.6 Å². The van der Waals surface area contributed by atoms with Gasteiger partial charge in [0.05, 0.1) is 5.52 Å². The van der Waals surface area contributed by atoms with Gasteiger partial charge in [0.2, 0.25) is 0 Å². The molecule has 18 heavy (non-hydrogen) atoms. The summed E-state index contributed by atoms with van der Waals surface area (Å²) < 4.78 is 0. The molecule has 0 amide bonds. The van der Waals surface area contributed by atoms with Crippen LogP contribution in [0.15, 0.2) is 41.9 Å². The molecule has 0 radical (unpaired) electrons. The summed E-state index contributed by atoms with van der Waals surface area (Å²) in [6.45, 7) is 1.53. The standard InChI is InChI=1S/C14H10N2OS/c1-9(17)13-8-18-14(16-13)11-6-7-15-12-5-3-2-4-10(11)12/h2-8H,1H3. The molecule has 0 N–H and O–H groups in total. The molecule has 0 spiro atoms. The summed E-state index contributed by atoms with van der Waals surface area (Å²) in [6.07, 6.45) is 1.77. The Hall–Kier alpha value is -2.07. The van der Waals surface area contributed by atoms with Crippen LogP contribution in [0.3, 0.4) is 0 Å². The van der Waals surface area contributed by atoms with Crippen LogP contribution < -0.4 is 0 Å². The highest BCUT2D eigenvalue weighted by atomic mass is 32.1. The average Bonchev–Trinajstić information content (AvgIpc) is 2.87. The van der Waals surface area contributed by atoms with Gasteiger partial charge in [-0.1, -0.05) is 18.2 Å². The molecule has 2 aromatic heterocycles. The maximum atomic E-state index is 11.3. The van der Waals surface area contributed by atoms with Gasteiger partial charge in [0, 0.05) is 29.5 Å². The van der Waals surface area contributed by atoms with Crippen molar-refractivity contribution in [1.29, 1.82) is 0 Å². The summed E-state index contributed by atoms with van der Waals surface area (Å²) in [5, 5.41) is 3.72. The van der Waals surface area contributed by atoms with Crippen molar-refractivity contribution >= 4 is 28.0 Å². The van der Waals surface area contributed by atoms with E-state index in [2.05, 4.69) is 9.97 Å². The van der Waals surface area contributed by atoms with Crippen LogP contribution in [0.5, 0.6) is 0 Å². The maximum Gasteiger partial charge on any atom is 0.178 e. The Bertz CT molecular complexity index is 728. The lowest BCUT2D eigenvalue weighted by Gasteiger charge is -2.01. The van der Waals surface area contributed by atoms with Crippen LogP contribution in [0.4, 0.5) is 0 Å². The van der Waals surface area contributed by atoms with E-state index >= 15 is 0 Å². The van der Waals surface area contributed by atoms with Gasteiger partial charge in [-0.3, -0.25) is 9.78 Å². The molecule has 0 unspecified atom stereocenters. The first-order valence-electron chi connectivity index (χ1n) is 5.56. The molecule has 1 aromatic carbocycles. The Balaban J connectivity index is 2.21. The highest BCUT2D eigenvalue weighted by Crippen LogP contribution is 2.29. The van der Waals surface area contributed by atoms with E-state index in [1.807, 2.05) is 30.3 Å². The first-order valence-corrected chi connectivity index (χ1v) is 6.44. The number of rotatable bonds is 2. The van der Waals surface area contributed by atoms with Gasteiger partial charge in [-0.05, 0) is 12.1 Å². The zero-order chi connectivity index (χ0) is 12.5. The number of benzene rings is 1. The normalized spacial score (nSPS) is 10.7. The molecule has 0 aliphatic rings. The van der Waals surface area contributed by atoms with Gasteiger partial charge < -0.3 is 0 Å². The van der Waals surface area contributed by atoms with Gasteiger partial charge in [0.15, 0.2) is 5.78 Å². The Morgan fingerprint density at radius 2 is 2.06 bits per heavy atom. The second kappa shape index (κ2) is 4.31. The van der Waals surface area contributed by atoms with E-state index in [-0.39, 0.29) is 5.78 Å². The maximum absolute atomic E-state index is 11.3. The Labute approximate surface area is 108 Å². The summed E-state index contributed by atoms with van der Waals surface area (Å²) in [6, 6.07) is 9.87. The molecular formula is C14H10N2OS. The van der Waals surface area contributed by atoms with Gasteiger partial charge in [0.25, 0.3) is 0 Å². The number of para-hydroxylation sites is 1. The number of fused-ring (bicyclic) bond motifs is 1. The summed E-state index contributed by atoms with van der Waals surface area (Å²) in [5.41, 5.74) is 2.49. The minimum atomic E-state index is -0.00383. The molecule has 3 nitrogen and oxygen atoms in total. The van der Waals surface area contributed by atoms with E-state index in [1.165, 1.54) is 18.3 Å². The van der Waals surface area contributed by atoms with Crippen molar-refractivity contribution in [2.75, 3.05) is 0 Å². The number of thiazole rings is 1. The number of Topliss-reactive ketones (excluding diaryl/α,β-unsaturated/α-hetero) is 1. The van der Waals surface area contributed by atoms with Crippen molar-refractivity contribution in [3.63, 3.8) is 0 Å². The molecule has 0 bridgehead atoms. The van der Waals surface area contributed by atoms with Crippen LogP contribution in [0.2, 0.25) is 0 Å². The SMILES string of the molecule is CC(=O)c1csc(-c2ccnc3ccccc23)n1. The second-order valence-electron chi connectivity index (χ2n) is 3.97. The third kappa shape index (κ3) is 1.80. The van der Waals surface area contributed by atoms with Gasteiger partial charge in [-0.25, -0.2) is 4.98 Å². The van der Waals surface area contributed by atoms with E-state index in [1.54, 1.807) is 11.6 Å². The van der Waals surface area contributed by atoms with Gasteiger partial charge in [-0.2, -0.15) is 0 Å². The van der Waals surface area contributed by atoms with Crippen molar-refractivity contribution in [3.05, 3.63) is 47.6 Å². The van der Waals surface area contributed by atoms with Crippen LogP contribution in [-0.2, 0) is 0 Å². The molecule has 0 aliphatic heterocycles. The smallest absolute Gasteiger partial charge is 0.178 e. The molecule has 3 aromatic rings. The molecule has 0 atom stereocenters. The molecule has 2 heterocycles. The first-order chi connectivity index (χ1) is 8.75. The Morgan fingerprint density at radius 1 is 1.22 bits per heavy atom. The Morgan fingerprint density at radius 3 is 2.83 bits per heavy atom. The fraction of sp³-hybridized carbons (Fsp3) is 0.0714. The van der Waals surface area contributed by atoms with Crippen LogP contribution in [0, 0.1) is 0 Å². The largest absolute Gasteiger partial charge is 0.293 e. The average molecular weight is 254 g/mol. The topological polar surface area (TPSA) is 42.9 Å². The number of hydrogen-bond donors (Lipinski definition) is 0. The lowest BCUT2D eigenvalue weighted by atomic mass is 10.1. The quantitative estimate of drug-likeness (QED) is 0.657. The van der Waals surface area contributed by atoms with Crippen molar-refractivity contribution < 1.29 is 4.79 Å². The Kier molecular flexibility index (Phi) is 2.64.